The number of ether oxygens (including phenoxy) is 1. The molecule has 0 radical (unpaired) electrons. The first-order valence-corrected chi connectivity index (χ1v) is 6.29. The zero-order valence-corrected chi connectivity index (χ0v) is 11.8. The summed E-state index contributed by atoms with van der Waals surface area (Å²) in [4.78, 5) is 20.9. The highest BCUT2D eigenvalue weighted by Gasteiger charge is 2.24. The second kappa shape index (κ2) is 7.55. The summed E-state index contributed by atoms with van der Waals surface area (Å²) in [6.07, 6.45) is -2.44. The van der Waals surface area contributed by atoms with Crippen LogP contribution >= 0.6 is 0 Å². The van der Waals surface area contributed by atoms with Crippen molar-refractivity contribution in [3.05, 3.63) is 33.9 Å². The molecule has 0 spiro atoms. The third-order valence-corrected chi connectivity index (χ3v) is 2.92. The Morgan fingerprint density at radius 2 is 2.14 bits per heavy atom. The minimum absolute atomic E-state index is 0.104. The van der Waals surface area contributed by atoms with E-state index in [2.05, 4.69) is 5.32 Å². The Bertz CT molecular complexity index is 519. The van der Waals surface area contributed by atoms with Gasteiger partial charge in [0, 0.05) is 31.2 Å². The number of non-ortho nitro benzene ring substituents is 1. The Kier molecular flexibility index (Phi) is 6.07. The van der Waals surface area contributed by atoms with Crippen molar-refractivity contribution in [3.8, 4) is 5.75 Å². The number of nitrogens with one attached hydrogen (secondary N) is 1. The number of nitrogens with zero attached hydrogens (tertiary/aromatic N) is 1. The van der Waals surface area contributed by atoms with Crippen molar-refractivity contribution in [2.75, 3.05) is 13.7 Å². The van der Waals surface area contributed by atoms with E-state index in [9.17, 15) is 25.1 Å². The summed E-state index contributed by atoms with van der Waals surface area (Å²) < 4.78 is 5.03. The van der Waals surface area contributed by atoms with Crippen molar-refractivity contribution in [2.24, 2.45) is 0 Å². The lowest BCUT2D eigenvalue weighted by molar-refractivity contribution is -0.385. The molecule has 1 aromatic rings. The number of aliphatic hydroxyl groups excluding tert-OH is 2. The average Bonchev–Trinajstić information content (AvgIpc) is 2.45. The normalized spacial score (nSPS) is 13.3. The molecule has 0 bridgehead atoms. The third kappa shape index (κ3) is 4.69. The molecule has 0 heterocycles. The van der Waals surface area contributed by atoms with E-state index < -0.39 is 17.1 Å². The van der Waals surface area contributed by atoms with Gasteiger partial charge in [-0.05, 0) is 12.5 Å². The number of hydrogen-bond donors (Lipinski definition) is 3. The van der Waals surface area contributed by atoms with Gasteiger partial charge in [-0.2, -0.15) is 0 Å². The van der Waals surface area contributed by atoms with Crippen molar-refractivity contribution in [3.63, 3.8) is 0 Å². The van der Waals surface area contributed by atoms with Crippen molar-refractivity contribution in [1.29, 1.82) is 0 Å². The summed E-state index contributed by atoms with van der Waals surface area (Å²) in [7, 11) is 1.36. The summed E-state index contributed by atoms with van der Waals surface area (Å²) in [6, 6.07) is 3.76. The number of amides is 1. The molecular formula is C13H18N2O6. The van der Waals surface area contributed by atoms with Gasteiger partial charge in [0.05, 0.1) is 18.1 Å². The van der Waals surface area contributed by atoms with E-state index in [0.717, 1.165) is 6.07 Å². The third-order valence-electron chi connectivity index (χ3n) is 2.92. The van der Waals surface area contributed by atoms with E-state index in [1.54, 1.807) is 0 Å². The molecule has 0 aliphatic heterocycles. The molecule has 0 saturated heterocycles. The van der Waals surface area contributed by atoms with E-state index in [0.29, 0.717) is 0 Å². The summed E-state index contributed by atoms with van der Waals surface area (Å²) >= 11 is 0. The van der Waals surface area contributed by atoms with Crippen LogP contribution in [0.4, 0.5) is 5.69 Å². The number of carbonyl (C=O) groups is 1. The highest BCUT2D eigenvalue weighted by atomic mass is 16.6. The van der Waals surface area contributed by atoms with E-state index in [4.69, 9.17) is 4.74 Å². The molecule has 21 heavy (non-hydrogen) atoms. The lowest BCUT2D eigenvalue weighted by Gasteiger charge is -2.20. The molecule has 0 aromatic heterocycles. The highest BCUT2D eigenvalue weighted by Crippen LogP contribution is 2.31. The van der Waals surface area contributed by atoms with E-state index in [1.807, 2.05) is 0 Å². The zero-order valence-electron chi connectivity index (χ0n) is 11.8. The second-order valence-corrected chi connectivity index (χ2v) is 4.47. The van der Waals surface area contributed by atoms with Crippen LogP contribution in [0, 0.1) is 10.1 Å². The summed E-state index contributed by atoms with van der Waals surface area (Å²) in [5, 5.41) is 33.3. The van der Waals surface area contributed by atoms with Gasteiger partial charge >= 0.3 is 0 Å². The Labute approximate surface area is 121 Å². The summed E-state index contributed by atoms with van der Waals surface area (Å²) in [5.41, 5.74) is -0.0825. The fraction of sp³-hybridized carbons (Fsp3) is 0.462. The minimum atomic E-state index is -1.35. The fourth-order valence-corrected chi connectivity index (χ4v) is 1.83. The molecule has 116 valence electrons. The van der Waals surface area contributed by atoms with Crippen molar-refractivity contribution < 1.29 is 24.7 Å². The van der Waals surface area contributed by atoms with Gasteiger partial charge in [-0.3, -0.25) is 14.9 Å². The van der Waals surface area contributed by atoms with Crippen molar-refractivity contribution in [1.82, 2.24) is 5.32 Å². The molecule has 3 N–H and O–H groups in total. The molecule has 2 unspecified atom stereocenters. The van der Waals surface area contributed by atoms with Crippen LogP contribution in [0.1, 0.15) is 25.0 Å². The van der Waals surface area contributed by atoms with Gasteiger partial charge in [0.1, 0.15) is 11.9 Å². The van der Waals surface area contributed by atoms with E-state index in [1.165, 1.54) is 26.2 Å². The Balaban J connectivity index is 2.88. The zero-order chi connectivity index (χ0) is 16.0. The smallest absolute Gasteiger partial charge is 0.270 e. The van der Waals surface area contributed by atoms with Crippen molar-refractivity contribution >= 4 is 11.6 Å². The highest BCUT2D eigenvalue weighted by molar-refractivity contribution is 5.72. The molecule has 1 aromatic carbocycles. The molecule has 8 nitrogen and oxygen atoms in total. The largest absolute Gasteiger partial charge is 0.496 e. The monoisotopic (exact) mass is 298 g/mol. The van der Waals surface area contributed by atoms with Crippen LogP contribution in [0.2, 0.25) is 0 Å². The number of methoxy groups -OCH3 is 1. The lowest BCUT2D eigenvalue weighted by atomic mass is 10.0. The first-order chi connectivity index (χ1) is 9.86. The predicted octanol–water partition coefficient (Wildman–Crippen LogP) is 0.524. The SMILES string of the molecule is COc1ccc([N+](=O)[O-])cc1C(O)C(O)CCNC(C)=O. The van der Waals surface area contributed by atoms with E-state index >= 15 is 0 Å². The number of nitro groups is 1. The summed E-state index contributed by atoms with van der Waals surface area (Å²) in [5.74, 6) is -0.00343. The number of carbonyl (C=O) groups excluding carboxylic acids is 1. The van der Waals surface area contributed by atoms with Gasteiger partial charge in [-0.25, -0.2) is 0 Å². The Morgan fingerprint density at radius 1 is 1.48 bits per heavy atom. The molecule has 1 rings (SSSR count). The molecule has 2 atom stereocenters. The molecule has 0 saturated carbocycles. The standard InChI is InChI=1S/C13H18N2O6/c1-8(16)14-6-5-11(17)13(18)10-7-9(15(19)20)3-4-12(10)21-2/h3-4,7,11,13,17-18H,5-6H2,1-2H3,(H,14,16). The predicted molar refractivity (Wildman–Crippen MR) is 73.9 cm³/mol. The maximum atomic E-state index is 10.8. The molecule has 0 fully saturated rings. The maximum Gasteiger partial charge on any atom is 0.270 e. The molecule has 0 aliphatic carbocycles. The number of benzene rings is 1. The van der Waals surface area contributed by atoms with Gasteiger partial charge in [-0.15, -0.1) is 0 Å². The van der Waals surface area contributed by atoms with Crippen LogP contribution in [0.15, 0.2) is 18.2 Å². The first kappa shape index (κ1) is 16.9. The van der Waals surface area contributed by atoms with Gasteiger partial charge in [0.25, 0.3) is 5.69 Å². The Morgan fingerprint density at radius 3 is 2.67 bits per heavy atom. The van der Waals surface area contributed by atoms with Crippen LogP contribution in [-0.2, 0) is 4.79 Å². The number of nitro benzene ring substituents is 1. The van der Waals surface area contributed by atoms with Crippen molar-refractivity contribution in [2.45, 2.75) is 25.6 Å². The van der Waals surface area contributed by atoms with Gasteiger partial charge in [0.2, 0.25) is 5.91 Å². The van der Waals surface area contributed by atoms with Crippen LogP contribution in [0.3, 0.4) is 0 Å². The number of hydrogen-bond acceptors (Lipinski definition) is 6. The maximum absolute atomic E-state index is 10.8. The summed E-state index contributed by atoms with van der Waals surface area (Å²) in [6.45, 7) is 1.52. The molecular weight excluding hydrogens is 280 g/mol. The van der Waals surface area contributed by atoms with E-state index in [-0.39, 0.29) is 35.9 Å². The number of rotatable bonds is 7. The second-order valence-electron chi connectivity index (χ2n) is 4.47. The van der Waals surface area contributed by atoms with Crippen LogP contribution in [0.25, 0.3) is 0 Å². The van der Waals surface area contributed by atoms with Crippen LogP contribution in [-0.4, -0.2) is 40.8 Å². The minimum Gasteiger partial charge on any atom is -0.496 e. The number of aliphatic hydroxyl groups is 2. The quantitative estimate of drug-likeness (QED) is 0.498. The molecule has 0 aliphatic rings. The van der Waals surface area contributed by atoms with Crippen LogP contribution < -0.4 is 10.1 Å². The lowest BCUT2D eigenvalue weighted by Crippen LogP contribution is -2.27. The van der Waals surface area contributed by atoms with Gasteiger partial charge in [0.15, 0.2) is 0 Å². The van der Waals surface area contributed by atoms with Gasteiger partial charge in [-0.1, -0.05) is 0 Å². The average molecular weight is 298 g/mol. The first-order valence-electron chi connectivity index (χ1n) is 6.29. The Hall–Kier alpha value is -2.19. The topological polar surface area (TPSA) is 122 Å². The molecule has 8 heteroatoms. The van der Waals surface area contributed by atoms with Gasteiger partial charge < -0.3 is 20.3 Å². The fourth-order valence-electron chi connectivity index (χ4n) is 1.83. The van der Waals surface area contributed by atoms with Crippen LogP contribution in [0.5, 0.6) is 5.75 Å². The molecule has 1 amide bonds.